The summed E-state index contributed by atoms with van der Waals surface area (Å²) in [5.74, 6) is 0. The van der Waals surface area contributed by atoms with Gasteiger partial charge in [-0.2, -0.15) is 0 Å². The van der Waals surface area contributed by atoms with E-state index >= 15 is 0 Å². The number of benzene rings is 3. The van der Waals surface area contributed by atoms with Crippen molar-refractivity contribution in [3.63, 3.8) is 0 Å². The summed E-state index contributed by atoms with van der Waals surface area (Å²) in [6, 6.07) is 33.4. The average molecular weight is 426 g/mol. The Bertz CT molecular complexity index is 746. The van der Waals surface area contributed by atoms with Crippen molar-refractivity contribution >= 4 is 36.9 Å². The van der Waals surface area contributed by atoms with Gasteiger partial charge in [0.2, 0.25) is 0 Å². The molecule has 0 aromatic heterocycles. The Morgan fingerprint density at radius 2 is 0.962 bits per heavy atom. The van der Waals surface area contributed by atoms with Crippen LogP contribution in [-0.2, 0) is 0 Å². The van der Waals surface area contributed by atoms with Crippen LogP contribution in [0.4, 0.5) is 0 Å². The molecule has 0 aliphatic heterocycles. The van der Waals surface area contributed by atoms with Crippen molar-refractivity contribution in [2.45, 2.75) is 31.7 Å². The summed E-state index contributed by atoms with van der Waals surface area (Å²) < 4.78 is 0. The molecule has 3 aromatic carbocycles. The van der Waals surface area contributed by atoms with Crippen LogP contribution in [0.5, 0.6) is 0 Å². The van der Waals surface area contributed by atoms with Gasteiger partial charge in [-0.25, -0.2) is 0 Å². The van der Waals surface area contributed by atoms with Gasteiger partial charge in [0.05, 0.1) is 0 Å². The summed E-state index contributed by atoms with van der Waals surface area (Å²) in [4.78, 5) is 0. The van der Waals surface area contributed by atoms with E-state index in [1.165, 1.54) is 41.6 Å². The van der Waals surface area contributed by atoms with Crippen LogP contribution in [0.1, 0.15) is 25.7 Å². The van der Waals surface area contributed by atoms with Crippen molar-refractivity contribution < 1.29 is 0 Å². The molecule has 0 unspecified atom stereocenters. The Hall–Kier alpha value is -1.47. The molecule has 1 saturated carbocycles. The standard InChI is InChI=1S/C23H25BrNP/c24-26(21-14-4-1-5-15-21,22-16-6-2-7-17-22,23-18-8-3-9-19-23)25-20-12-10-11-13-20/h1-9,14-20,25H,10-13H2. The zero-order valence-corrected chi connectivity index (χ0v) is 17.4. The van der Waals surface area contributed by atoms with Gasteiger partial charge in [-0.15, -0.1) is 0 Å². The van der Waals surface area contributed by atoms with Crippen LogP contribution in [0.25, 0.3) is 0 Å². The maximum absolute atomic E-state index is 4.45. The molecule has 1 aliphatic carbocycles. The second-order valence-corrected chi connectivity index (χ2v) is 15.2. The fourth-order valence-corrected chi connectivity index (χ4v) is 11.7. The van der Waals surface area contributed by atoms with Gasteiger partial charge in [0.1, 0.15) is 0 Å². The van der Waals surface area contributed by atoms with Crippen LogP contribution < -0.4 is 21.0 Å². The van der Waals surface area contributed by atoms with Gasteiger partial charge >= 0.3 is 165 Å². The minimum absolute atomic E-state index is 0.535. The number of rotatable bonds is 5. The van der Waals surface area contributed by atoms with Crippen LogP contribution in [-0.4, -0.2) is 6.04 Å². The van der Waals surface area contributed by atoms with E-state index < -0.39 is 5.46 Å². The monoisotopic (exact) mass is 425 g/mol. The molecule has 0 radical (unpaired) electrons. The second kappa shape index (κ2) is 7.27. The van der Waals surface area contributed by atoms with Crippen molar-refractivity contribution in [1.82, 2.24) is 5.09 Å². The molecular weight excluding hydrogens is 401 g/mol. The van der Waals surface area contributed by atoms with Gasteiger partial charge in [0.15, 0.2) is 0 Å². The third-order valence-corrected chi connectivity index (χ3v) is 14.5. The summed E-state index contributed by atoms with van der Waals surface area (Å²) in [6.45, 7) is 0. The van der Waals surface area contributed by atoms with Gasteiger partial charge < -0.3 is 0 Å². The van der Waals surface area contributed by atoms with E-state index in [1.54, 1.807) is 0 Å². The van der Waals surface area contributed by atoms with Gasteiger partial charge in [-0.05, 0) is 0 Å². The Morgan fingerprint density at radius 1 is 0.615 bits per heavy atom. The zero-order chi connectivity index (χ0) is 17.9. The first kappa shape index (κ1) is 17.9. The molecule has 134 valence electrons. The Balaban J connectivity index is 2.03. The molecule has 1 aliphatic rings. The summed E-state index contributed by atoms with van der Waals surface area (Å²) in [5.41, 5.74) is -2.94. The van der Waals surface area contributed by atoms with Gasteiger partial charge in [0.25, 0.3) is 0 Å². The number of nitrogens with one attached hydrogen (secondary N) is 1. The summed E-state index contributed by atoms with van der Waals surface area (Å²) in [5, 5.41) is 8.21. The molecule has 3 heteroatoms. The molecule has 4 rings (SSSR count). The summed E-state index contributed by atoms with van der Waals surface area (Å²) >= 11 is 4.45. The number of hydrogen-bond acceptors (Lipinski definition) is 1. The Morgan fingerprint density at radius 3 is 1.31 bits per heavy atom. The normalized spacial score (nSPS) is 16.9. The fourth-order valence-electron chi connectivity index (χ4n) is 4.19. The number of hydrogen-bond donors (Lipinski definition) is 1. The van der Waals surface area contributed by atoms with Crippen molar-refractivity contribution in [3.05, 3.63) is 91.0 Å². The Labute approximate surface area is 164 Å². The first-order valence-electron chi connectivity index (χ1n) is 9.40. The minimum atomic E-state index is -2.94. The molecule has 26 heavy (non-hydrogen) atoms. The van der Waals surface area contributed by atoms with Crippen LogP contribution in [0.15, 0.2) is 91.0 Å². The molecule has 1 nitrogen and oxygen atoms in total. The number of halogens is 1. The van der Waals surface area contributed by atoms with Gasteiger partial charge in [0, 0.05) is 0 Å². The van der Waals surface area contributed by atoms with Crippen LogP contribution in [0, 0.1) is 0 Å². The Kier molecular flexibility index (Phi) is 5.01. The van der Waals surface area contributed by atoms with Crippen molar-refractivity contribution in [3.8, 4) is 0 Å². The van der Waals surface area contributed by atoms with E-state index in [2.05, 4.69) is 112 Å². The summed E-state index contributed by atoms with van der Waals surface area (Å²) in [6.07, 6.45) is 5.12. The molecular formula is C23H25BrNP. The quantitative estimate of drug-likeness (QED) is 0.548. The third-order valence-electron chi connectivity index (χ3n) is 5.50. The molecule has 1 fully saturated rings. The molecule has 1 N–H and O–H groups in total. The van der Waals surface area contributed by atoms with Crippen LogP contribution in [0.2, 0.25) is 0 Å². The maximum atomic E-state index is 4.45. The zero-order valence-electron chi connectivity index (χ0n) is 14.9. The molecule has 0 atom stereocenters. The third kappa shape index (κ3) is 2.95. The van der Waals surface area contributed by atoms with E-state index in [4.69, 9.17) is 0 Å². The van der Waals surface area contributed by atoms with E-state index in [0.29, 0.717) is 6.04 Å². The SMILES string of the molecule is BrP(NC1CCCC1)(c1ccccc1)(c1ccccc1)c1ccccc1. The molecule has 0 heterocycles. The van der Waals surface area contributed by atoms with Gasteiger partial charge in [-0.1, -0.05) is 0 Å². The predicted molar refractivity (Wildman–Crippen MR) is 119 cm³/mol. The second-order valence-electron chi connectivity index (χ2n) is 7.13. The topological polar surface area (TPSA) is 12.0 Å². The van der Waals surface area contributed by atoms with Crippen molar-refractivity contribution in [2.75, 3.05) is 0 Å². The average Bonchev–Trinajstić information content (AvgIpc) is 3.23. The van der Waals surface area contributed by atoms with Crippen LogP contribution in [0.3, 0.4) is 0 Å². The molecule has 0 bridgehead atoms. The van der Waals surface area contributed by atoms with E-state index in [-0.39, 0.29) is 0 Å². The molecule has 0 amide bonds. The van der Waals surface area contributed by atoms with Crippen LogP contribution >= 0.6 is 20.9 Å². The summed E-state index contributed by atoms with van der Waals surface area (Å²) in [7, 11) is 0. The molecule has 0 saturated heterocycles. The van der Waals surface area contributed by atoms with Gasteiger partial charge in [-0.3, -0.25) is 0 Å². The first-order valence-corrected chi connectivity index (χ1v) is 13.7. The molecule has 0 spiro atoms. The molecule has 3 aromatic rings. The van der Waals surface area contributed by atoms with E-state index in [0.717, 1.165) is 0 Å². The first-order chi connectivity index (χ1) is 12.7. The predicted octanol–water partition coefficient (Wildman–Crippen LogP) is 5.27. The fraction of sp³-hybridized carbons (Fsp3) is 0.217. The van der Waals surface area contributed by atoms with E-state index in [9.17, 15) is 0 Å². The van der Waals surface area contributed by atoms with Crippen molar-refractivity contribution in [2.24, 2.45) is 0 Å². The van der Waals surface area contributed by atoms with E-state index in [1.807, 2.05) is 0 Å². The van der Waals surface area contributed by atoms with Crippen molar-refractivity contribution in [1.29, 1.82) is 0 Å².